The molecule has 3 aromatic rings. The molecule has 0 saturated carbocycles. The Kier molecular flexibility index (Phi) is 8.19. The molecule has 7 nitrogen and oxygen atoms in total. The van der Waals surface area contributed by atoms with E-state index in [0.29, 0.717) is 16.4 Å². The number of nitrogens with two attached hydrogens (primary N) is 1. The second-order valence-corrected chi connectivity index (χ2v) is 7.80. The van der Waals surface area contributed by atoms with Crippen LogP contribution in [-0.4, -0.2) is 34.6 Å². The number of rotatable bonds is 9. The molecule has 0 radical (unpaired) electrons. The number of aromatic nitrogens is 1. The van der Waals surface area contributed by atoms with Gasteiger partial charge in [-0.25, -0.2) is 4.98 Å². The molecular formula is C24H25ClN4O3. The molecular weight excluding hydrogens is 428 g/mol. The highest BCUT2D eigenvalue weighted by Gasteiger charge is 2.23. The first-order chi connectivity index (χ1) is 15.4. The zero-order chi connectivity index (χ0) is 22.9. The highest BCUT2D eigenvalue weighted by molar-refractivity contribution is 6.30. The molecule has 166 valence electrons. The summed E-state index contributed by atoms with van der Waals surface area (Å²) in [5.74, 6) is -1.08. The molecule has 0 aliphatic rings. The largest absolute Gasteiger partial charge is 0.384 e. The van der Waals surface area contributed by atoms with Crippen LogP contribution in [0.1, 0.15) is 22.6 Å². The normalized spacial score (nSPS) is 12.6. The molecule has 2 atom stereocenters. The van der Waals surface area contributed by atoms with Crippen molar-refractivity contribution in [1.29, 1.82) is 0 Å². The van der Waals surface area contributed by atoms with Gasteiger partial charge in [0.2, 0.25) is 11.8 Å². The Morgan fingerprint density at radius 1 is 0.938 bits per heavy atom. The standard InChI is InChI=1S/C24H25ClN4O3/c25-19-9-7-18(8-10-19)20(23(31)28-14-17-6-11-22(26)27-13-17)15-29-24(32)21(30)12-16-4-2-1-3-5-16/h1-11,13,20-21,30H,12,14-15H2,(H2,26,27)(H,28,31)(H,29,32)/t20-,21+/m0/s1. The molecule has 3 rings (SSSR count). The Bertz CT molecular complexity index is 1030. The number of aliphatic hydroxyl groups is 1. The monoisotopic (exact) mass is 452 g/mol. The number of aliphatic hydroxyl groups excluding tert-OH is 1. The summed E-state index contributed by atoms with van der Waals surface area (Å²) in [6.07, 6.45) is 0.565. The summed E-state index contributed by atoms with van der Waals surface area (Å²) in [7, 11) is 0. The van der Waals surface area contributed by atoms with Gasteiger partial charge < -0.3 is 21.5 Å². The first-order valence-electron chi connectivity index (χ1n) is 10.2. The van der Waals surface area contributed by atoms with Crippen LogP contribution in [0.15, 0.2) is 72.9 Å². The summed E-state index contributed by atoms with van der Waals surface area (Å²) < 4.78 is 0. The SMILES string of the molecule is Nc1ccc(CNC(=O)[C@@H](CNC(=O)[C@H](O)Cc2ccccc2)c2ccc(Cl)cc2)cn1. The van der Waals surface area contributed by atoms with Gasteiger partial charge in [0.1, 0.15) is 11.9 Å². The molecule has 32 heavy (non-hydrogen) atoms. The zero-order valence-corrected chi connectivity index (χ0v) is 18.1. The van der Waals surface area contributed by atoms with Crippen LogP contribution in [0.25, 0.3) is 0 Å². The third-order valence-electron chi connectivity index (χ3n) is 4.96. The summed E-state index contributed by atoms with van der Waals surface area (Å²) in [6.45, 7) is 0.291. The van der Waals surface area contributed by atoms with E-state index in [4.69, 9.17) is 17.3 Å². The van der Waals surface area contributed by atoms with Crippen molar-refractivity contribution < 1.29 is 14.7 Å². The average Bonchev–Trinajstić information content (AvgIpc) is 2.80. The summed E-state index contributed by atoms with van der Waals surface area (Å²) in [5.41, 5.74) is 7.93. The number of carbonyl (C=O) groups is 2. The van der Waals surface area contributed by atoms with E-state index < -0.39 is 17.9 Å². The van der Waals surface area contributed by atoms with Gasteiger partial charge in [0, 0.05) is 30.7 Å². The third-order valence-corrected chi connectivity index (χ3v) is 5.21. The Balaban J connectivity index is 1.64. The molecule has 0 spiro atoms. The van der Waals surface area contributed by atoms with Crippen LogP contribution in [0.4, 0.5) is 5.82 Å². The molecule has 1 heterocycles. The van der Waals surface area contributed by atoms with Crippen molar-refractivity contribution in [2.24, 2.45) is 0 Å². The second-order valence-electron chi connectivity index (χ2n) is 7.36. The van der Waals surface area contributed by atoms with Gasteiger partial charge in [-0.05, 0) is 34.9 Å². The fourth-order valence-corrected chi connectivity index (χ4v) is 3.29. The number of anilines is 1. The van der Waals surface area contributed by atoms with Crippen LogP contribution in [-0.2, 0) is 22.6 Å². The lowest BCUT2D eigenvalue weighted by molar-refractivity contribution is -0.129. The highest BCUT2D eigenvalue weighted by atomic mass is 35.5. The van der Waals surface area contributed by atoms with Crippen LogP contribution < -0.4 is 16.4 Å². The Labute approximate surface area is 191 Å². The fraction of sp³-hybridized carbons (Fsp3) is 0.208. The first-order valence-corrected chi connectivity index (χ1v) is 10.5. The molecule has 5 N–H and O–H groups in total. The number of benzene rings is 2. The summed E-state index contributed by atoms with van der Waals surface area (Å²) >= 11 is 5.98. The van der Waals surface area contributed by atoms with Crippen LogP contribution >= 0.6 is 11.6 Å². The van der Waals surface area contributed by atoms with Crippen molar-refractivity contribution in [3.63, 3.8) is 0 Å². The van der Waals surface area contributed by atoms with E-state index in [-0.39, 0.29) is 25.4 Å². The lowest BCUT2D eigenvalue weighted by Crippen LogP contribution is -2.41. The molecule has 0 bridgehead atoms. The summed E-state index contributed by atoms with van der Waals surface area (Å²) in [4.78, 5) is 29.4. The molecule has 8 heteroatoms. The van der Waals surface area contributed by atoms with Gasteiger partial charge in [-0.2, -0.15) is 0 Å². The number of halogens is 1. The van der Waals surface area contributed by atoms with Gasteiger partial charge in [0.15, 0.2) is 0 Å². The Morgan fingerprint density at radius 2 is 1.66 bits per heavy atom. The lowest BCUT2D eigenvalue weighted by Gasteiger charge is -2.19. The van der Waals surface area contributed by atoms with Gasteiger partial charge in [0.25, 0.3) is 0 Å². The number of nitrogens with one attached hydrogen (secondary N) is 2. The second kappa shape index (κ2) is 11.3. The number of nitrogen functional groups attached to an aromatic ring is 1. The maximum atomic E-state index is 12.9. The van der Waals surface area contributed by atoms with Gasteiger partial charge >= 0.3 is 0 Å². The van der Waals surface area contributed by atoms with Crippen molar-refractivity contribution in [3.05, 3.63) is 94.6 Å². The summed E-state index contributed by atoms with van der Waals surface area (Å²) in [5, 5.41) is 16.4. The molecule has 2 aromatic carbocycles. The topological polar surface area (TPSA) is 117 Å². The van der Waals surface area contributed by atoms with Gasteiger partial charge in [-0.3, -0.25) is 9.59 Å². The van der Waals surface area contributed by atoms with Crippen molar-refractivity contribution in [3.8, 4) is 0 Å². The lowest BCUT2D eigenvalue weighted by atomic mass is 9.97. The highest BCUT2D eigenvalue weighted by Crippen LogP contribution is 2.19. The van der Waals surface area contributed by atoms with E-state index in [9.17, 15) is 14.7 Å². The fourth-order valence-electron chi connectivity index (χ4n) is 3.16. The zero-order valence-electron chi connectivity index (χ0n) is 17.4. The maximum Gasteiger partial charge on any atom is 0.249 e. The molecule has 0 aliphatic carbocycles. The number of amides is 2. The molecule has 0 aliphatic heterocycles. The number of nitrogens with zero attached hydrogens (tertiary/aromatic N) is 1. The maximum absolute atomic E-state index is 12.9. The Morgan fingerprint density at radius 3 is 2.31 bits per heavy atom. The smallest absolute Gasteiger partial charge is 0.249 e. The molecule has 1 aromatic heterocycles. The number of pyridine rings is 1. The summed E-state index contributed by atoms with van der Waals surface area (Å²) in [6, 6.07) is 19.5. The predicted octanol–water partition coefficient (Wildman–Crippen LogP) is 2.44. The van der Waals surface area contributed by atoms with Crippen molar-refractivity contribution in [2.75, 3.05) is 12.3 Å². The van der Waals surface area contributed by atoms with Crippen molar-refractivity contribution in [2.45, 2.75) is 25.0 Å². The number of carbonyl (C=O) groups excluding carboxylic acids is 2. The average molecular weight is 453 g/mol. The minimum absolute atomic E-state index is 0.0259. The van der Waals surface area contributed by atoms with Gasteiger partial charge in [0.05, 0.1) is 5.92 Å². The minimum atomic E-state index is -1.22. The molecule has 0 saturated heterocycles. The third kappa shape index (κ3) is 6.80. The van der Waals surface area contributed by atoms with Crippen LogP contribution in [0.2, 0.25) is 5.02 Å². The Hall–Kier alpha value is -3.42. The quantitative estimate of drug-likeness (QED) is 0.398. The van der Waals surface area contributed by atoms with E-state index in [1.807, 2.05) is 30.3 Å². The number of hydrogen-bond acceptors (Lipinski definition) is 5. The molecule has 2 amide bonds. The van der Waals surface area contributed by atoms with Crippen LogP contribution in [0, 0.1) is 0 Å². The predicted molar refractivity (Wildman–Crippen MR) is 124 cm³/mol. The van der Waals surface area contributed by atoms with Gasteiger partial charge in [-0.1, -0.05) is 60.1 Å². The van der Waals surface area contributed by atoms with Crippen molar-refractivity contribution in [1.82, 2.24) is 15.6 Å². The first kappa shape index (κ1) is 23.2. The molecule has 0 unspecified atom stereocenters. The number of hydrogen-bond donors (Lipinski definition) is 4. The molecule has 0 fully saturated rings. The van der Waals surface area contributed by atoms with E-state index in [2.05, 4.69) is 15.6 Å². The minimum Gasteiger partial charge on any atom is -0.384 e. The van der Waals surface area contributed by atoms with Crippen molar-refractivity contribution >= 4 is 29.2 Å². The van der Waals surface area contributed by atoms with Crippen LogP contribution in [0.3, 0.4) is 0 Å². The van der Waals surface area contributed by atoms with E-state index in [1.54, 1.807) is 42.6 Å². The van der Waals surface area contributed by atoms with E-state index in [0.717, 1.165) is 11.1 Å². The van der Waals surface area contributed by atoms with Crippen LogP contribution in [0.5, 0.6) is 0 Å². The van der Waals surface area contributed by atoms with E-state index in [1.165, 1.54) is 0 Å². The van der Waals surface area contributed by atoms with E-state index >= 15 is 0 Å². The van der Waals surface area contributed by atoms with Gasteiger partial charge in [-0.15, -0.1) is 0 Å².